The maximum atomic E-state index is 6.21. The third-order valence-corrected chi connectivity index (χ3v) is 7.42. The van der Waals surface area contributed by atoms with Gasteiger partial charge in [0.2, 0.25) is 0 Å². The van der Waals surface area contributed by atoms with Crippen LogP contribution in [-0.4, -0.2) is 12.9 Å². The molecule has 0 amide bonds. The van der Waals surface area contributed by atoms with Gasteiger partial charge in [-0.25, -0.2) is 0 Å². The molecule has 0 aliphatic heterocycles. The quantitative estimate of drug-likeness (QED) is 0.417. The van der Waals surface area contributed by atoms with Crippen molar-refractivity contribution in [3.8, 4) is 0 Å². The number of rotatable bonds is 7. The zero-order valence-corrected chi connectivity index (χ0v) is 19.4. The molecule has 1 fully saturated rings. The zero-order chi connectivity index (χ0) is 20.3. The summed E-state index contributed by atoms with van der Waals surface area (Å²) in [6.07, 6.45) is 13.9. The number of hydrogen-bond donors (Lipinski definition) is 0. The molecule has 3 atom stereocenters. The predicted molar refractivity (Wildman–Crippen MR) is 118 cm³/mol. The summed E-state index contributed by atoms with van der Waals surface area (Å²) >= 11 is 0. The van der Waals surface area contributed by atoms with Crippen LogP contribution in [0.15, 0.2) is 23.0 Å². The third kappa shape index (κ3) is 5.43. The van der Waals surface area contributed by atoms with E-state index in [0.29, 0.717) is 5.41 Å². The molecule has 0 saturated heterocycles. The standard InChI is InChI=1S/C26H44O2/c1-18(2)25-23-13-12-22(16-21(23)17-24(25)26(4,5)6)28-19(3)27-15-14-20-10-8-7-9-11-20/h16,18-20,24-25H,7-15,17H2,1-6H3. The summed E-state index contributed by atoms with van der Waals surface area (Å²) in [5.41, 5.74) is 3.64. The van der Waals surface area contributed by atoms with Gasteiger partial charge in [0.05, 0.1) is 6.61 Å². The van der Waals surface area contributed by atoms with Crippen molar-refractivity contribution >= 4 is 0 Å². The Labute approximate surface area is 174 Å². The molecule has 160 valence electrons. The summed E-state index contributed by atoms with van der Waals surface area (Å²) in [4.78, 5) is 0. The molecule has 2 heteroatoms. The van der Waals surface area contributed by atoms with E-state index in [1.807, 2.05) is 0 Å². The molecule has 1 saturated carbocycles. The Morgan fingerprint density at radius 2 is 1.75 bits per heavy atom. The lowest BCUT2D eigenvalue weighted by atomic mass is 9.69. The second kappa shape index (κ2) is 9.37. The van der Waals surface area contributed by atoms with E-state index in [4.69, 9.17) is 9.47 Å². The summed E-state index contributed by atoms with van der Waals surface area (Å²) in [6.45, 7) is 14.9. The van der Waals surface area contributed by atoms with Crippen LogP contribution < -0.4 is 0 Å². The molecule has 0 aromatic heterocycles. The number of ether oxygens (including phenoxy) is 2. The Hall–Kier alpha value is -0.760. The van der Waals surface area contributed by atoms with Crippen molar-refractivity contribution < 1.29 is 9.47 Å². The fourth-order valence-electron chi connectivity index (χ4n) is 5.88. The minimum absolute atomic E-state index is 0.127. The van der Waals surface area contributed by atoms with E-state index in [-0.39, 0.29) is 6.29 Å². The minimum atomic E-state index is -0.127. The lowest BCUT2D eigenvalue weighted by molar-refractivity contribution is -0.109. The second-order valence-electron chi connectivity index (χ2n) is 11.0. The van der Waals surface area contributed by atoms with Gasteiger partial charge in [-0.3, -0.25) is 0 Å². The molecule has 3 aliphatic carbocycles. The van der Waals surface area contributed by atoms with Gasteiger partial charge in [-0.1, -0.05) is 72.3 Å². The molecule has 3 rings (SSSR count). The van der Waals surface area contributed by atoms with Crippen LogP contribution >= 0.6 is 0 Å². The Morgan fingerprint density at radius 3 is 2.39 bits per heavy atom. The van der Waals surface area contributed by atoms with Crippen molar-refractivity contribution in [2.45, 2.75) is 106 Å². The van der Waals surface area contributed by atoms with Crippen molar-refractivity contribution in [1.29, 1.82) is 0 Å². The van der Waals surface area contributed by atoms with Gasteiger partial charge in [-0.2, -0.15) is 0 Å². The van der Waals surface area contributed by atoms with Crippen molar-refractivity contribution in [3.05, 3.63) is 23.0 Å². The average Bonchev–Trinajstić information content (AvgIpc) is 3.02. The van der Waals surface area contributed by atoms with E-state index < -0.39 is 0 Å². The van der Waals surface area contributed by atoms with E-state index >= 15 is 0 Å². The molecular weight excluding hydrogens is 344 g/mol. The van der Waals surface area contributed by atoms with Crippen LogP contribution in [0.1, 0.15) is 99.3 Å². The smallest absolute Gasteiger partial charge is 0.196 e. The van der Waals surface area contributed by atoms with Crippen LogP contribution in [0.3, 0.4) is 0 Å². The first-order valence-electron chi connectivity index (χ1n) is 12.0. The first-order chi connectivity index (χ1) is 13.3. The SMILES string of the molecule is CC(OCCC1CCCCC1)OC1=CC2=C(CC1)C(C(C)C)C(C(C)(C)C)C2. The van der Waals surface area contributed by atoms with Gasteiger partial charge in [0, 0.05) is 6.42 Å². The van der Waals surface area contributed by atoms with Gasteiger partial charge in [0.25, 0.3) is 0 Å². The van der Waals surface area contributed by atoms with Crippen LogP contribution in [0.25, 0.3) is 0 Å². The van der Waals surface area contributed by atoms with Crippen molar-refractivity contribution in [2.75, 3.05) is 6.61 Å². The molecule has 0 bridgehead atoms. The molecule has 0 aromatic carbocycles. The van der Waals surface area contributed by atoms with E-state index in [1.165, 1.54) is 51.4 Å². The fourth-order valence-corrected chi connectivity index (χ4v) is 5.88. The molecule has 2 nitrogen and oxygen atoms in total. The summed E-state index contributed by atoms with van der Waals surface area (Å²) < 4.78 is 12.2. The summed E-state index contributed by atoms with van der Waals surface area (Å²) in [6, 6.07) is 0. The van der Waals surface area contributed by atoms with Crippen molar-refractivity contribution in [2.24, 2.45) is 29.1 Å². The summed E-state index contributed by atoms with van der Waals surface area (Å²) in [5.74, 6) is 4.22. The molecular formula is C26H44O2. The highest BCUT2D eigenvalue weighted by Crippen LogP contribution is 2.52. The molecule has 0 spiro atoms. The second-order valence-corrected chi connectivity index (χ2v) is 11.0. The lowest BCUT2D eigenvalue weighted by Gasteiger charge is -2.36. The van der Waals surface area contributed by atoms with E-state index in [0.717, 1.165) is 42.5 Å². The summed E-state index contributed by atoms with van der Waals surface area (Å²) in [5, 5.41) is 0. The Morgan fingerprint density at radius 1 is 1.04 bits per heavy atom. The van der Waals surface area contributed by atoms with E-state index in [2.05, 4.69) is 47.6 Å². The van der Waals surface area contributed by atoms with Gasteiger partial charge >= 0.3 is 0 Å². The van der Waals surface area contributed by atoms with Crippen LogP contribution in [0.2, 0.25) is 0 Å². The van der Waals surface area contributed by atoms with E-state index in [1.54, 1.807) is 11.1 Å². The molecule has 0 aromatic rings. The minimum Gasteiger partial charge on any atom is -0.470 e. The van der Waals surface area contributed by atoms with Gasteiger partial charge in [0.1, 0.15) is 5.76 Å². The Bertz CT molecular complexity index is 572. The maximum Gasteiger partial charge on any atom is 0.196 e. The lowest BCUT2D eigenvalue weighted by Crippen LogP contribution is -2.29. The highest BCUT2D eigenvalue weighted by Gasteiger charge is 2.42. The highest BCUT2D eigenvalue weighted by atomic mass is 16.7. The predicted octanol–water partition coefficient (Wildman–Crippen LogP) is 7.65. The third-order valence-electron chi connectivity index (χ3n) is 7.42. The van der Waals surface area contributed by atoms with Gasteiger partial charge in [0.15, 0.2) is 6.29 Å². The normalized spacial score (nSPS) is 27.8. The highest BCUT2D eigenvalue weighted by molar-refractivity contribution is 5.38. The Balaban J connectivity index is 1.53. The number of hydrogen-bond acceptors (Lipinski definition) is 2. The van der Waals surface area contributed by atoms with Crippen LogP contribution in [0.4, 0.5) is 0 Å². The molecule has 3 unspecified atom stereocenters. The summed E-state index contributed by atoms with van der Waals surface area (Å²) in [7, 11) is 0. The first-order valence-corrected chi connectivity index (χ1v) is 12.0. The van der Waals surface area contributed by atoms with Gasteiger partial charge < -0.3 is 9.47 Å². The monoisotopic (exact) mass is 388 g/mol. The van der Waals surface area contributed by atoms with Crippen molar-refractivity contribution in [3.63, 3.8) is 0 Å². The van der Waals surface area contributed by atoms with E-state index in [9.17, 15) is 0 Å². The molecule has 0 N–H and O–H groups in total. The molecule has 3 aliphatic rings. The zero-order valence-electron chi connectivity index (χ0n) is 19.4. The molecule has 0 radical (unpaired) electrons. The molecule has 0 heterocycles. The molecule has 28 heavy (non-hydrogen) atoms. The topological polar surface area (TPSA) is 18.5 Å². The largest absolute Gasteiger partial charge is 0.470 e. The van der Waals surface area contributed by atoms with Crippen LogP contribution in [0.5, 0.6) is 0 Å². The Kier molecular flexibility index (Phi) is 7.34. The van der Waals surface area contributed by atoms with Crippen LogP contribution in [-0.2, 0) is 9.47 Å². The maximum absolute atomic E-state index is 6.21. The average molecular weight is 389 g/mol. The van der Waals surface area contributed by atoms with Crippen molar-refractivity contribution in [1.82, 2.24) is 0 Å². The van der Waals surface area contributed by atoms with Gasteiger partial charge in [-0.15, -0.1) is 0 Å². The number of allylic oxidation sites excluding steroid dienone is 4. The van der Waals surface area contributed by atoms with Crippen LogP contribution in [0, 0.1) is 29.1 Å². The first kappa shape index (κ1) is 21.9. The van der Waals surface area contributed by atoms with Gasteiger partial charge in [-0.05, 0) is 66.9 Å². The fraction of sp³-hybridized carbons (Fsp3) is 0.846.